The van der Waals surface area contributed by atoms with Crippen LogP contribution in [0.25, 0.3) is 22.4 Å². The molecule has 0 saturated carbocycles. The molecule has 0 atom stereocenters. The van der Waals surface area contributed by atoms with Gasteiger partial charge in [0.15, 0.2) is 11.2 Å². The summed E-state index contributed by atoms with van der Waals surface area (Å²) in [5.41, 5.74) is 1.40. The molecule has 2 aromatic heterocycles. The number of rotatable bonds is 8. The van der Waals surface area contributed by atoms with Crippen LogP contribution in [0.3, 0.4) is 0 Å². The fourth-order valence-electron chi connectivity index (χ4n) is 3.43. The van der Waals surface area contributed by atoms with Gasteiger partial charge in [-0.15, -0.1) is 0 Å². The van der Waals surface area contributed by atoms with Crippen LogP contribution in [0, 0.1) is 0 Å². The number of hydrogen-bond acceptors (Lipinski definition) is 6. The van der Waals surface area contributed by atoms with Crippen LogP contribution in [-0.2, 0) is 24.1 Å². The van der Waals surface area contributed by atoms with Crippen LogP contribution in [0.4, 0.5) is 0 Å². The number of nitrogens with zero attached hydrogens (tertiary/aromatic N) is 2. The second-order valence-electron chi connectivity index (χ2n) is 8.05. The standard InChI is InChI=1S/C24H22Cl2N2O5/c1-4-19-18(27-22(31-19)15-6-5-7-16(25)21(15)26)11-10-17-14-9-8-13(12-20(14)33-28-17)32-24(2,3)23(29)30/h5-9,12H,4,10-11H2,1-3H3,(H,29,30). The highest BCUT2D eigenvalue weighted by molar-refractivity contribution is 6.43. The van der Waals surface area contributed by atoms with Gasteiger partial charge in [0.05, 0.1) is 27.0 Å². The van der Waals surface area contributed by atoms with Gasteiger partial charge < -0.3 is 18.8 Å². The van der Waals surface area contributed by atoms with Crippen molar-refractivity contribution in [2.75, 3.05) is 0 Å². The minimum absolute atomic E-state index is 0.394. The Balaban J connectivity index is 1.54. The summed E-state index contributed by atoms with van der Waals surface area (Å²) in [5.74, 6) is 0.548. The van der Waals surface area contributed by atoms with Crippen LogP contribution in [0.1, 0.15) is 37.9 Å². The first-order chi connectivity index (χ1) is 15.7. The van der Waals surface area contributed by atoms with Gasteiger partial charge in [0, 0.05) is 17.9 Å². The number of hydrogen-bond donors (Lipinski definition) is 1. The molecule has 0 aliphatic rings. The first-order valence-corrected chi connectivity index (χ1v) is 11.2. The van der Waals surface area contributed by atoms with Crippen molar-refractivity contribution in [3.05, 3.63) is 63.6 Å². The number of carbonyl (C=O) groups is 1. The molecule has 0 bridgehead atoms. The molecule has 0 amide bonds. The fraction of sp³-hybridized carbons (Fsp3) is 0.292. The van der Waals surface area contributed by atoms with Gasteiger partial charge in [0.25, 0.3) is 0 Å². The summed E-state index contributed by atoms with van der Waals surface area (Å²) in [4.78, 5) is 16.0. The lowest BCUT2D eigenvalue weighted by atomic mass is 10.1. The van der Waals surface area contributed by atoms with Gasteiger partial charge >= 0.3 is 5.97 Å². The van der Waals surface area contributed by atoms with E-state index < -0.39 is 11.6 Å². The van der Waals surface area contributed by atoms with Gasteiger partial charge in [-0.3, -0.25) is 0 Å². The lowest BCUT2D eigenvalue weighted by Crippen LogP contribution is -2.37. The van der Waals surface area contributed by atoms with Crippen LogP contribution in [0.15, 0.2) is 45.3 Å². The van der Waals surface area contributed by atoms with Crippen LogP contribution < -0.4 is 4.74 Å². The molecule has 4 rings (SSSR count). The summed E-state index contributed by atoms with van der Waals surface area (Å²) in [7, 11) is 0. The van der Waals surface area contributed by atoms with Crippen LogP contribution >= 0.6 is 23.2 Å². The van der Waals surface area contributed by atoms with E-state index in [0.29, 0.717) is 52.1 Å². The number of halogens is 2. The molecule has 0 saturated heterocycles. The fourth-order valence-corrected chi connectivity index (χ4v) is 3.81. The van der Waals surface area contributed by atoms with Gasteiger partial charge in [-0.2, -0.15) is 0 Å². The predicted molar refractivity (Wildman–Crippen MR) is 125 cm³/mol. The number of aryl methyl sites for hydroxylation is 3. The minimum atomic E-state index is -1.36. The van der Waals surface area contributed by atoms with Crippen LogP contribution in [0.2, 0.25) is 10.0 Å². The molecule has 0 spiro atoms. The SMILES string of the molecule is CCc1oc(-c2cccc(Cl)c2Cl)nc1CCc1noc2cc(OC(C)(C)C(=O)O)ccc12. The van der Waals surface area contributed by atoms with Gasteiger partial charge in [0.2, 0.25) is 5.89 Å². The van der Waals surface area contributed by atoms with Crippen molar-refractivity contribution < 1.29 is 23.6 Å². The quantitative estimate of drug-likeness (QED) is 0.307. The van der Waals surface area contributed by atoms with E-state index in [0.717, 1.165) is 22.5 Å². The zero-order chi connectivity index (χ0) is 23.8. The molecular weight excluding hydrogens is 467 g/mol. The Bertz CT molecular complexity index is 1330. The molecule has 9 heteroatoms. The zero-order valence-electron chi connectivity index (χ0n) is 18.3. The van der Waals surface area contributed by atoms with Crippen molar-refractivity contribution in [3.8, 4) is 17.2 Å². The molecule has 2 aromatic carbocycles. The number of carboxylic acid groups (broad SMARTS) is 1. The average Bonchev–Trinajstić information content (AvgIpc) is 3.37. The Morgan fingerprint density at radius 3 is 2.64 bits per heavy atom. The van der Waals surface area contributed by atoms with Gasteiger partial charge in [0.1, 0.15) is 11.5 Å². The van der Waals surface area contributed by atoms with E-state index >= 15 is 0 Å². The van der Waals surface area contributed by atoms with Gasteiger partial charge in [-0.25, -0.2) is 9.78 Å². The molecule has 33 heavy (non-hydrogen) atoms. The highest BCUT2D eigenvalue weighted by Crippen LogP contribution is 2.34. The third-order valence-electron chi connectivity index (χ3n) is 5.29. The number of oxazole rings is 1. The van der Waals surface area contributed by atoms with Crippen molar-refractivity contribution in [2.24, 2.45) is 0 Å². The Kier molecular flexibility index (Phi) is 6.36. The monoisotopic (exact) mass is 488 g/mol. The molecule has 0 fully saturated rings. The predicted octanol–water partition coefficient (Wildman–Crippen LogP) is 6.38. The van der Waals surface area contributed by atoms with Crippen molar-refractivity contribution in [1.29, 1.82) is 0 Å². The second-order valence-corrected chi connectivity index (χ2v) is 8.83. The maximum atomic E-state index is 11.3. The maximum Gasteiger partial charge on any atom is 0.347 e. The lowest BCUT2D eigenvalue weighted by molar-refractivity contribution is -0.152. The maximum absolute atomic E-state index is 11.3. The van der Waals surface area contributed by atoms with Crippen molar-refractivity contribution in [1.82, 2.24) is 10.1 Å². The van der Waals surface area contributed by atoms with Crippen LogP contribution in [0.5, 0.6) is 5.75 Å². The third-order valence-corrected chi connectivity index (χ3v) is 6.11. The van der Waals surface area contributed by atoms with Crippen molar-refractivity contribution >= 4 is 40.1 Å². The van der Waals surface area contributed by atoms with E-state index in [1.807, 2.05) is 19.1 Å². The largest absolute Gasteiger partial charge is 0.478 e. The number of ether oxygens (including phenoxy) is 1. The second kappa shape index (κ2) is 9.08. The van der Waals surface area contributed by atoms with E-state index in [9.17, 15) is 9.90 Å². The third kappa shape index (κ3) is 4.70. The highest BCUT2D eigenvalue weighted by atomic mass is 35.5. The van der Waals surface area contributed by atoms with E-state index in [1.165, 1.54) is 13.8 Å². The summed E-state index contributed by atoms with van der Waals surface area (Å²) >= 11 is 12.5. The van der Waals surface area contributed by atoms with E-state index in [-0.39, 0.29) is 0 Å². The Labute approximate surface area is 200 Å². The van der Waals surface area contributed by atoms with Gasteiger partial charge in [-0.1, -0.05) is 41.3 Å². The summed E-state index contributed by atoms with van der Waals surface area (Å²) in [5, 5.41) is 15.1. The molecule has 172 valence electrons. The molecular formula is C24H22Cl2N2O5. The molecule has 4 aromatic rings. The number of carboxylic acids is 1. The highest BCUT2D eigenvalue weighted by Gasteiger charge is 2.29. The first-order valence-electron chi connectivity index (χ1n) is 10.4. The number of fused-ring (bicyclic) bond motifs is 1. The van der Waals surface area contributed by atoms with E-state index in [1.54, 1.807) is 24.3 Å². The number of benzene rings is 2. The number of aliphatic carboxylic acids is 1. The smallest absolute Gasteiger partial charge is 0.347 e. The lowest BCUT2D eigenvalue weighted by Gasteiger charge is -2.21. The Morgan fingerprint density at radius 2 is 1.91 bits per heavy atom. The van der Waals surface area contributed by atoms with E-state index in [2.05, 4.69) is 10.1 Å². The first kappa shape index (κ1) is 23.1. The normalized spacial score (nSPS) is 11.8. The summed E-state index contributed by atoms with van der Waals surface area (Å²) in [6.45, 7) is 4.97. The van der Waals surface area contributed by atoms with Crippen molar-refractivity contribution in [2.45, 2.75) is 45.6 Å². The minimum Gasteiger partial charge on any atom is -0.478 e. The molecule has 0 aliphatic carbocycles. The summed E-state index contributed by atoms with van der Waals surface area (Å²) < 4.78 is 17.0. The molecule has 2 heterocycles. The molecule has 0 radical (unpaired) electrons. The van der Waals surface area contributed by atoms with E-state index in [4.69, 9.17) is 36.9 Å². The summed E-state index contributed by atoms with van der Waals surface area (Å²) in [6, 6.07) is 10.5. The zero-order valence-corrected chi connectivity index (χ0v) is 19.8. The van der Waals surface area contributed by atoms with Crippen molar-refractivity contribution in [3.63, 3.8) is 0 Å². The molecule has 0 unspecified atom stereocenters. The average molecular weight is 489 g/mol. The Morgan fingerprint density at radius 1 is 1.15 bits per heavy atom. The molecule has 1 N–H and O–H groups in total. The number of aromatic nitrogens is 2. The topological polar surface area (TPSA) is 98.6 Å². The van der Waals surface area contributed by atoms with Crippen LogP contribution in [-0.4, -0.2) is 26.8 Å². The van der Waals surface area contributed by atoms with Gasteiger partial charge in [-0.05, 0) is 51.0 Å². The Hall–Kier alpha value is -3.03. The molecule has 7 nitrogen and oxygen atoms in total. The summed E-state index contributed by atoms with van der Waals surface area (Å²) in [6.07, 6.45) is 1.85. The molecule has 0 aliphatic heterocycles.